The Labute approximate surface area is 119 Å². The monoisotopic (exact) mass is 335 g/mol. The molecule has 0 spiro atoms. The maximum atomic E-state index is 12.2. The highest BCUT2D eigenvalue weighted by Gasteiger charge is 2.22. The van der Waals surface area contributed by atoms with Crippen molar-refractivity contribution in [3.05, 3.63) is 33.8 Å². The standard InChI is InChI=1S/C12H12BrCl2NO/c13-9-1-3-16(4-2-9)12(17)8-5-10(14)7-11(15)6-8/h5-7,9H,1-4H2. The number of hydrogen-bond donors (Lipinski definition) is 0. The molecule has 0 saturated carbocycles. The van der Waals surface area contributed by atoms with Crippen molar-refractivity contribution in [1.82, 2.24) is 4.90 Å². The second-order valence-electron chi connectivity index (χ2n) is 4.12. The summed E-state index contributed by atoms with van der Waals surface area (Å²) in [6.07, 6.45) is 1.97. The average molecular weight is 337 g/mol. The first-order valence-corrected chi connectivity index (χ1v) is 7.13. The smallest absolute Gasteiger partial charge is 0.253 e. The van der Waals surface area contributed by atoms with Gasteiger partial charge in [-0.3, -0.25) is 4.79 Å². The van der Waals surface area contributed by atoms with Gasteiger partial charge in [-0.1, -0.05) is 39.1 Å². The Morgan fingerprint density at radius 3 is 2.24 bits per heavy atom. The number of amides is 1. The van der Waals surface area contributed by atoms with Crippen molar-refractivity contribution in [3.8, 4) is 0 Å². The summed E-state index contributed by atoms with van der Waals surface area (Å²) in [6.45, 7) is 1.55. The van der Waals surface area contributed by atoms with E-state index in [4.69, 9.17) is 23.2 Å². The van der Waals surface area contributed by atoms with E-state index in [0.29, 0.717) is 20.4 Å². The third-order valence-corrected chi connectivity index (χ3v) is 4.17. The third kappa shape index (κ3) is 3.36. The van der Waals surface area contributed by atoms with Crippen LogP contribution in [0, 0.1) is 0 Å². The molecule has 0 aromatic heterocycles. The Bertz CT molecular complexity index is 410. The second-order valence-corrected chi connectivity index (χ2v) is 6.29. The van der Waals surface area contributed by atoms with E-state index >= 15 is 0 Å². The van der Waals surface area contributed by atoms with Gasteiger partial charge in [0.05, 0.1) is 0 Å². The summed E-state index contributed by atoms with van der Waals surface area (Å²) in [7, 11) is 0. The van der Waals surface area contributed by atoms with Crippen molar-refractivity contribution in [2.75, 3.05) is 13.1 Å². The molecule has 0 radical (unpaired) electrons. The minimum Gasteiger partial charge on any atom is -0.339 e. The summed E-state index contributed by atoms with van der Waals surface area (Å²) in [5.41, 5.74) is 0.565. The number of carbonyl (C=O) groups excluding carboxylic acids is 1. The molecule has 92 valence electrons. The van der Waals surface area contributed by atoms with Gasteiger partial charge >= 0.3 is 0 Å². The lowest BCUT2D eigenvalue weighted by Gasteiger charge is -2.29. The van der Waals surface area contributed by atoms with Crippen LogP contribution in [0.15, 0.2) is 18.2 Å². The fourth-order valence-electron chi connectivity index (χ4n) is 1.91. The summed E-state index contributed by atoms with van der Waals surface area (Å²) in [4.78, 5) is 14.6. The topological polar surface area (TPSA) is 20.3 Å². The van der Waals surface area contributed by atoms with E-state index in [1.54, 1.807) is 18.2 Å². The predicted molar refractivity (Wildman–Crippen MR) is 74.3 cm³/mol. The molecule has 17 heavy (non-hydrogen) atoms. The lowest BCUT2D eigenvalue weighted by Crippen LogP contribution is -2.38. The van der Waals surface area contributed by atoms with Gasteiger partial charge in [0.1, 0.15) is 0 Å². The zero-order valence-corrected chi connectivity index (χ0v) is 12.2. The molecule has 2 rings (SSSR count). The van der Waals surface area contributed by atoms with E-state index in [1.807, 2.05) is 4.90 Å². The van der Waals surface area contributed by atoms with Crippen LogP contribution in [0.25, 0.3) is 0 Å². The normalized spacial score (nSPS) is 17.2. The molecule has 1 aliphatic heterocycles. The highest BCUT2D eigenvalue weighted by Crippen LogP contribution is 2.23. The van der Waals surface area contributed by atoms with Crippen LogP contribution in [0.1, 0.15) is 23.2 Å². The van der Waals surface area contributed by atoms with Crippen molar-refractivity contribution in [3.63, 3.8) is 0 Å². The van der Waals surface area contributed by atoms with E-state index in [0.717, 1.165) is 25.9 Å². The van der Waals surface area contributed by atoms with Crippen molar-refractivity contribution >= 4 is 45.0 Å². The molecule has 0 bridgehead atoms. The first kappa shape index (κ1) is 13.2. The molecule has 1 aromatic carbocycles. The Morgan fingerprint density at radius 2 is 1.71 bits per heavy atom. The molecular weight excluding hydrogens is 325 g/mol. The predicted octanol–water partition coefficient (Wildman–Crippen LogP) is 3.99. The zero-order chi connectivity index (χ0) is 12.4. The largest absolute Gasteiger partial charge is 0.339 e. The fourth-order valence-corrected chi connectivity index (χ4v) is 2.85. The van der Waals surface area contributed by atoms with Gasteiger partial charge in [-0.05, 0) is 31.0 Å². The molecule has 1 fully saturated rings. The molecule has 5 heteroatoms. The van der Waals surface area contributed by atoms with Crippen LogP contribution in [-0.4, -0.2) is 28.7 Å². The number of nitrogens with zero attached hydrogens (tertiary/aromatic N) is 1. The minimum atomic E-state index is 0.00815. The Balaban J connectivity index is 2.14. The molecule has 0 atom stereocenters. The number of hydrogen-bond acceptors (Lipinski definition) is 1. The molecule has 0 N–H and O–H groups in total. The van der Waals surface area contributed by atoms with Crippen LogP contribution in [-0.2, 0) is 0 Å². The van der Waals surface area contributed by atoms with Crippen molar-refractivity contribution in [1.29, 1.82) is 0 Å². The first-order chi connectivity index (χ1) is 8.06. The highest BCUT2D eigenvalue weighted by atomic mass is 79.9. The van der Waals surface area contributed by atoms with Crippen molar-refractivity contribution in [2.45, 2.75) is 17.7 Å². The number of benzene rings is 1. The van der Waals surface area contributed by atoms with Crippen LogP contribution in [0.4, 0.5) is 0 Å². The summed E-state index contributed by atoms with van der Waals surface area (Å²) in [5, 5.41) is 0.993. The van der Waals surface area contributed by atoms with Gasteiger partial charge in [-0.2, -0.15) is 0 Å². The first-order valence-electron chi connectivity index (χ1n) is 5.45. The van der Waals surface area contributed by atoms with E-state index in [-0.39, 0.29) is 5.91 Å². The quantitative estimate of drug-likeness (QED) is 0.710. The van der Waals surface area contributed by atoms with Crippen LogP contribution in [0.3, 0.4) is 0 Å². The number of piperidine rings is 1. The van der Waals surface area contributed by atoms with E-state index in [2.05, 4.69) is 15.9 Å². The minimum absolute atomic E-state index is 0.00815. The van der Waals surface area contributed by atoms with Gasteiger partial charge in [-0.25, -0.2) is 0 Å². The Morgan fingerprint density at radius 1 is 1.18 bits per heavy atom. The fraction of sp³-hybridized carbons (Fsp3) is 0.417. The van der Waals surface area contributed by atoms with E-state index in [9.17, 15) is 4.79 Å². The van der Waals surface area contributed by atoms with Gasteiger partial charge in [0.25, 0.3) is 5.91 Å². The lowest BCUT2D eigenvalue weighted by atomic mass is 10.1. The van der Waals surface area contributed by atoms with Gasteiger partial charge in [0.15, 0.2) is 0 Å². The van der Waals surface area contributed by atoms with Crippen LogP contribution < -0.4 is 0 Å². The number of alkyl halides is 1. The van der Waals surface area contributed by atoms with Crippen molar-refractivity contribution < 1.29 is 4.79 Å². The van der Waals surface area contributed by atoms with Crippen molar-refractivity contribution in [2.24, 2.45) is 0 Å². The van der Waals surface area contributed by atoms with Gasteiger partial charge in [0.2, 0.25) is 0 Å². The maximum Gasteiger partial charge on any atom is 0.253 e. The maximum absolute atomic E-state index is 12.2. The summed E-state index contributed by atoms with van der Waals surface area (Å²) < 4.78 is 0. The number of likely N-dealkylation sites (tertiary alicyclic amines) is 1. The van der Waals surface area contributed by atoms with Crippen LogP contribution >= 0.6 is 39.1 Å². The zero-order valence-electron chi connectivity index (χ0n) is 9.13. The molecule has 1 aromatic rings. The summed E-state index contributed by atoms with van der Waals surface area (Å²) >= 11 is 15.4. The van der Waals surface area contributed by atoms with Gasteiger partial charge in [-0.15, -0.1) is 0 Å². The Kier molecular flexibility index (Phi) is 4.34. The van der Waals surface area contributed by atoms with Gasteiger partial charge in [0, 0.05) is 33.5 Å². The molecule has 1 amide bonds. The number of rotatable bonds is 1. The number of halogens is 3. The van der Waals surface area contributed by atoms with Crippen LogP contribution in [0.2, 0.25) is 10.0 Å². The SMILES string of the molecule is O=C(c1cc(Cl)cc(Cl)c1)N1CCC(Br)CC1. The molecule has 1 aliphatic rings. The van der Waals surface area contributed by atoms with Gasteiger partial charge < -0.3 is 4.90 Å². The molecular formula is C12H12BrCl2NO. The van der Waals surface area contributed by atoms with E-state index < -0.39 is 0 Å². The average Bonchev–Trinajstić information content (AvgIpc) is 2.28. The highest BCUT2D eigenvalue weighted by molar-refractivity contribution is 9.09. The summed E-state index contributed by atoms with van der Waals surface area (Å²) in [6, 6.07) is 4.95. The summed E-state index contributed by atoms with van der Waals surface area (Å²) in [5.74, 6) is 0.00815. The Hall–Kier alpha value is -0.250. The molecule has 1 heterocycles. The lowest BCUT2D eigenvalue weighted by molar-refractivity contribution is 0.0728. The molecule has 0 aliphatic carbocycles. The second kappa shape index (κ2) is 5.59. The molecule has 0 unspecified atom stereocenters. The number of carbonyl (C=O) groups is 1. The van der Waals surface area contributed by atoms with E-state index in [1.165, 1.54) is 0 Å². The molecule has 1 saturated heterocycles. The third-order valence-electron chi connectivity index (χ3n) is 2.82. The van der Waals surface area contributed by atoms with Crippen LogP contribution in [0.5, 0.6) is 0 Å². The molecule has 2 nitrogen and oxygen atoms in total.